The number of anilines is 2. The topological polar surface area (TPSA) is 249 Å². The van der Waals surface area contributed by atoms with Crippen molar-refractivity contribution in [2.24, 2.45) is 0 Å². The second-order valence-corrected chi connectivity index (χ2v) is 18.2. The van der Waals surface area contributed by atoms with E-state index in [4.69, 9.17) is 37.4 Å². The third kappa shape index (κ3) is 15.3. The number of aromatic nitrogens is 2. The van der Waals surface area contributed by atoms with Gasteiger partial charge < -0.3 is 59.9 Å². The predicted molar refractivity (Wildman–Crippen MR) is 274 cm³/mol. The first-order valence-electron chi connectivity index (χ1n) is 22.3. The number of urea groups is 2. The van der Waals surface area contributed by atoms with Gasteiger partial charge in [-0.15, -0.1) is 0 Å². The summed E-state index contributed by atoms with van der Waals surface area (Å²) >= 11 is 12.6. The predicted octanol–water partition coefficient (Wildman–Crippen LogP) is 9.08. The highest BCUT2D eigenvalue weighted by molar-refractivity contribution is 6.31. The van der Waals surface area contributed by atoms with Gasteiger partial charge in [0.1, 0.15) is 28.6 Å². The van der Waals surface area contributed by atoms with Crippen LogP contribution in [-0.2, 0) is 27.4 Å². The number of halogens is 2. The molecule has 0 aliphatic heterocycles. The van der Waals surface area contributed by atoms with Crippen molar-refractivity contribution >= 4 is 58.6 Å². The number of nitrogens with zero attached hydrogens (tertiary/aromatic N) is 2. The summed E-state index contributed by atoms with van der Waals surface area (Å²) in [5.74, 6) is -1.48. The molecule has 6 aromatic rings. The monoisotopic (exact) mass is 1030 g/mol. The van der Waals surface area contributed by atoms with Crippen molar-refractivity contribution in [3.63, 3.8) is 0 Å². The number of carbonyl (C=O) groups excluding carboxylic acids is 3. The van der Waals surface area contributed by atoms with Crippen LogP contribution in [0, 0.1) is 13.8 Å². The lowest BCUT2D eigenvalue weighted by molar-refractivity contribution is -0.155. The first kappa shape index (κ1) is 55.0. The van der Waals surface area contributed by atoms with Gasteiger partial charge in [-0.25, -0.2) is 9.59 Å². The molecule has 4 aromatic carbocycles. The van der Waals surface area contributed by atoms with E-state index in [0.717, 1.165) is 11.1 Å². The van der Waals surface area contributed by atoms with Crippen molar-refractivity contribution in [2.45, 2.75) is 78.2 Å². The number of hydrogen-bond acceptors (Lipinski definition) is 11. The van der Waals surface area contributed by atoms with Crippen molar-refractivity contribution in [1.29, 1.82) is 0 Å². The third-order valence-electron chi connectivity index (χ3n) is 10.7. The molecule has 0 spiro atoms. The first-order valence-corrected chi connectivity index (χ1v) is 23.0. The van der Waals surface area contributed by atoms with Crippen LogP contribution in [0.3, 0.4) is 0 Å². The molecule has 2 atom stereocenters. The lowest BCUT2D eigenvalue weighted by Gasteiger charge is -2.23. The maximum absolute atomic E-state index is 13.2. The number of pyridine rings is 2. The molecule has 20 heteroatoms. The zero-order chi connectivity index (χ0) is 52.9. The zero-order valence-corrected chi connectivity index (χ0v) is 42.1. The first-order chi connectivity index (χ1) is 34.1. The summed E-state index contributed by atoms with van der Waals surface area (Å²) in [6.07, 6.45) is 2.25. The van der Waals surface area contributed by atoms with Gasteiger partial charge >= 0.3 is 24.0 Å². The number of aliphatic carboxylic acids is 1. The van der Waals surface area contributed by atoms with Crippen LogP contribution >= 0.6 is 23.2 Å². The molecule has 7 N–H and O–H groups in total. The Bertz CT molecular complexity index is 3060. The SMILES string of the molecule is COc1cccc(Cl)c1Cn1ccc(O)c(NC(=O)N[C@@H](CC(=O)O)c2cccc(C)c2)c1=O.COc1cccc(Cl)c1Cn1ccc(O)c(NC(=O)N[C@@H](CC(=O)OC(C)(C)C)c2cccc(C)c2)c1=O. The molecule has 0 bridgehead atoms. The fourth-order valence-electron chi connectivity index (χ4n) is 7.34. The minimum Gasteiger partial charge on any atom is -0.505 e. The molecular formula is C52H56Cl2N6O12. The molecule has 0 saturated heterocycles. The average Bonchev–Trinajstić information content (AvgIpc) is 3.31. The number of rotatable bonds is 16. The Balaban J connectivity index is 0.000000269. The molecule has 4 amide bonds. The highest BCUT2D eigenvalue weighted by atomic mass is 35.5. The van der Waals surface area contributed by atoms with Gasteiger partial charge in [0.15, 0.2) is 11.4 Å². The summed E-state index contributed by atoms with van der Waals surface area (Å²) in [6, 6.07) is 23.9. The van der Waals surface area contributed by atoms with E-state index in [9.17, 15) is 44.1 Å². The number of hydrogen-bond donors (Lipinski definition) is 7. The van der Waals surface area contributed by atoms with Crippen LogP contribution < -0.4 is 41.9 Å². The van der Waals surface area contributed by atoms with E-state index in [2.05, 4.69) is 21.3 Å². The second-order valence-electron chi connectivity index (χ2n) is 17.4. The smallest absolute Gasteiger partial charge is 0.319 e. The fraction of sp³-hybridized carbons (Fsp3) is 0.269. The lowest BCUT2D eigenvalue weighted by atomic mass is 10.0. The number of carbonyl (C=O) groups is 4. The van der Waals surface area contributed by atoms with E-state index in [0.29, 0.717) is 43.8 Å². The molecule has 0 aliphatic rings. The van der Waals surface area contributed by atoms with Gasteiger partial charge in [-0.05, 0) is 82.1 Å². The van der Waals surface area contributed by atoms with Gasteiger partial charge in [-0.3, -0.25) is 19.2 Å². The number of ether oxygens (including phenoxy) is 3. The van der Waals surface area contributed by atoms with Crippen molar-refractivity contribution in [3.05, 3.63) is 174 Å². The minimum absolute atomic E-state index is 0.0309. The molecule has 72 heavy (non-hydrogen) atoms. The number of carboxylic acids is 1. The van der Waals surface area contributed by atoms with E-state index in [1.807, 2.05) is 38.1 Å². The van der Waals surface area contributed by atoms with Crippen LogP contribution in [-0.4, -0.2) is 68.3 Å². The van der Waals surface area contributed by atoms with E-state index in [1.54, 1.807) is 81.4 Å². The molecule has 6 rings (SSSR count). The van der Waals surface area contributed by atoms with Crippen LogP contribution in [0.4, 0.5) is 21.0 Å². The van der Waals surface area contributed by atoms with Gasteiger partial charge in [0.2, 0.25) is 0 Å². The van der Waals surface area contributed by atoms with Gasteiger partial charge in [0.05, 0.1) is 52.2 Å². The van der Waals surface area contributed by atoms with Gasteiger partial charge in [0.25, 0.3) is 11.1 Å². The van der Waals surface area contributed by atoms with Gasteiger partial charge in [-0.1, -0.05) is 95.0 Å². The summed E-state index contributed by atoms with van der Waals surface area (Å²) in [6.45, 7) is 9.09. The quantitative estimate of drug-likeness (QED) is 0.0449. The number of aromatic hydroxyl groups is 2. The Morgan fingerprint density at radius 3 is 1.40 bits per heavy atom. The van der Waals surface area contributed by atoms with Gasteiger partial charge in [0, 0.05) is 33.6 Å². The minimum atomic E-state index is -1.11. The van der Waals surface area contributed by atoms with E-state index >= 15 is 0 Å². The van der Waals surface area contributed by atoms with Crippen LogP contribution in [0.25, 0.3) is 0 Å². The molecule has 2 aromatic heterocycles. The van der Waals surface area contributed by atoms with Crippen LogP contribution in [0.5, 0.6) is 23.0 Å². The number of esters is 1. The number of amides is 4. The van der Waals surface area contributed by atoms with Crippen LogP contribution in [0.1, 0.15) is 79.1 Å². The standard InChI is InChI=1S/C28H32ClN3O6.C24H24ClN3O6/c1-17-8-6-9-18(14-17)21(15-24(34)38-28(2,3)4)30-27(36)31-25-22(33)12-13-32(26(25)35)16-19-20(29)10-7-11-23(19)37-5;1-14-5-3-6-15(11-14)18(12-21(30)31)26-24(33)27-22-19(29)9-10-28(23(22)32)13-16-17(25)7-4-8-20(16)34-2/h6-14,21,33H,15-16H2,1-5H3,(H2,30,31,36);3-11,18,29H,12-13H2,1-2H3,(H,30,31)(H2,26,27,33)/t21-;18-/m00/s1. The Morgan fingerprint density at radius 1 is 0.625 bits per heavy atom. The molecule has 380 valence electrons. The van der Waals surface area contributed by atoms with Crippen molar-refractivity contribution in [2.75, 3.05) is 24.9 Å². The van der Waals surface area contributed by atoms with Crippen molar-refractivity contribution in [1.82, 2.24) is 19.8 Å². The summed E-state index contributed by atoms with van der Waals surface area (Å²) in [5, 5.41) is 40.7. The maximum atomic E-state index is 13.2. The van der Waals surface area contributed by atoms with Crippen LogP contribution in [0.15, 0.2) is 119 Å². The summed E-state index contributed by atoms with van der Waals surface area (Å²) in [4.78, 5) is 75.7. The lowest BCUT2D eigenvalue weighted by Crippen LogP contribution is -2.37. The molecular weight excluding hydrogens is 972 g/mol. The van der Waals surface area contributed by atoms with Gasteiger partial charge in [-0.2, -0.15) is 0 Å². The Kier molecular flexibility index (Phi) is 18.9. The maximum Gasteiger partial charge on any atom is 0.319 e. The number of methoxy groups -OCH3 is 2. The van der Waals surface area contributed by atoms with E-state index in [1.165, 1.54) is 47.9 Å². The number of carboxylic acid groups (broad SMARTS) is 1. The Labute approximate surface area is 425 Å². The van der Waals surface area contributed by atoms with Crippen LogP contribution in [0.2, 0.25) is 10.0 Å². The number of nitrogens with one attached hydrogen (secondary N) is 4. The zero-order valence-electron chi connectivity index (χ0n) is 40.5. The molecule has 2 heterocycles. The van der Waals surface area contributed by atoms with Crippen molar-refractivity contribution in [3.8, 4) is 23.0 Å². The molecule has 0 radical (unpaired) electrons. The summed E-state index contributed by atoms with van der Waals surface area (Å²) < 4.78 is 18.6. The molecule has 0 saturated carbocycles. The number of aryl methyl sites for hydroxylation is 2. The summed E-state index contributed by atoms with van der Waals surface area (Å²) in [7, 11) is 2.97. The molecule has 0 aliphatic carbocycles. The molecule has 18 nitrogen and oxygen atoms in total. The Hall–Kier alpha value is -7.96. The molecule has 0 fully saturated rings. The highest BCUT2D eigenvalue weighted by Gasteiger charge is 2.25. The Morgan fingerprint density at radius 2 is 1.03 bits per heavy atom. The average molecular weight is 1030 g/mol. The van der Waals surface area contributed by atoms with E-state index in [-0.39, 0.29) is 37.3 Å². The number of benzene rings is 4. The highest BCUT2D eigenvalue weighted by Crippen LogP contribution is 2.30. The third-order valence-corrected chi connectivity index (χ3v) is 11.4. The van der Waals surface area contributed by atoms with E-state index < -0.39 is 64.3 Å². The normalized spacial score (nSPS) is 11.7. The fourth-order valence-corrected chi connectivity index (χ4v) is 7.79. The van der Waals surface area contributed by atoms with Crippen molar-refractivity contribution < 1.29 is 48.7 Å². The summed E-state index contributed by atoms with van der Waals surface area (Å²) in [5.41, 5.74) is 1.54. The second kappa shape index (κ2) is 24.7. The largest absolute Gasteiger partial charge is 0.505 e. The molecule has 0 unspecified atom stereocenters.